The molecule has 0 radical (unpaired) electrons. The second-order valence-corrected chi connectivity index (χ2v) is 4.44. The number of nitrogens with two attached hydrogens (primary N) is 1. The van der Waals surface area contributed by atoms with E-state index < -0.39 is 0 Å². The monoisotopic (exact) mass is 200 g/mol. The molecule has 2 heteroatoms. The topological polar surface area (TPSA) is 30.9 Å². The summed E-state index contributed by atoms with van der Waals surface area (Å²) in [4.78, 5) is 0. The normalized spacial score (nSPS) is 20.5. The Balaban J connectivity index is 2.40. The van der Waals surface area contributed by atoms with Gasteiger partial charge in [-0.3, -0.25) is 0 Å². The first-order valence-corrected chi connectivity index (χ1v) is 5.61. The van der Waals surface area contributed by atoms with Crippen LogP contribution in [0.3, 0.4) is 0 Å². The molecule has 78 valence electrons. The van der Waals surface area contributed by atoms with Gasteiger partial charge in [-0.2, -0.15) is 0 Å². The quantitative estimate of drug-likeness (QED) is 0.696. The van der Waals surface area contributed by atoms with Gasteiger partial charge in [0.25, 0.3) is 0 Å². The number of hydrogen-bond acceptors (Lipinski definition) is 1. The highest BCUT2D eigenvalue weighted by Crippen LogP contribution is 2.35. The number of fused-ring (bicyclic) bond motifs is 3. The third-order valence-corrected chi connectivity index (χ3v) is 3.55. The van der Waals surface area contributed by atoms with Gasteiger partial charge in [-0.25, -0.2) is 0 Å². The number of aryl methyl sites for hydroxylation is 2. The van der Waals surface area contributed by atoms with Gasteiger partial charge in [0.1, 0.15) is 0 Å². The van der Waals surface area contributed by atoms with Crippen molar-refractivity contribution in [3.63, 3.8) is 0 Å². The van der Waals surface area contributed by atoms with E-state index >= 15 is 0 Å². The summed E-state index contributed by atoms with van der Waals surface area (Å²) in [6.07, 6.45) is 3.53. The van der Waals surface area contributed by atoms with Gasteiger partial charge in [0.05, 0.1) is 0 Å². The standard InChI is InChI=1S/C13H16N2/c1-15-12-8-3-2-5-9(12)10-6-4-7-11(14)13(10)15/h2-3,5,8,11H,4,6-7,14H2,1H3. The second-order valence-electron chi connectivity index (χ2n) is 4.44. The molecule has 0 aliphatic heterocycles. The lowest BCUT2D eigenvalue weighted by Gasteiger charge is -2.20. The van der Waals surface area contributed by atoms with E-state index in [1.54, 1.807) is 0 Å². The molecule has 0 spiro atoms. The Morgan fingerprint density at radius 1 is 1.33 bits per heavy atom. The Morgan fingerprint density at radius 3 is 3.00 bits per heavy atom. The Morgan fingerprint density at radius 2 is 2.13 bits per heavy atom. The molecule has 1 aromatic carbocycles. The summed E-state index contributed by atoms with van der Waals surface area (Å²) in [5.41, 5.74) is 10.3. The molecule has 1 aromatic heterocycles. The van der Waals surface area contributed by atoms with Crippen LogP contribution < -0.4 is 5.73 Å². The van der Waals surface area contributed by atoms with Gasteiger partial charge in [-0.05, 0) is 30.9 Å². The molecule has 0 fully saturated rings. The summed E-state index contributed by atoms with van der Waals surface area (Å²) in [6.45, 7) is 0. The van der Waals surface area contributed by atoms with E-state index in [1.165, 1.54) is 35.0 Å². The molecule has 1 atom stereocenters. The minimum absolute atomic E-state index is 0.228. The van der Waals surface area contributed by atoms with Crippen molar-refractivity contribution in [3.8, 4) is 0 Å². The van der Waals surface area contributed by atoms with Gasteiger partial charge < -0.3 is 10.3 Å². The van der Waals surface area contributed by atoms with Crippen LogP contribution in [0.25, 0.3) is 10.9 Å². The van der Waals surface area contributed by atoms with E-state index in [0.29, 0.717) is 0 Å². The Kier molecular flexibility index (Phi) is 1.86. The second kappa shape index (κ2) is 3.11. The van der Waals surface area contributed by atoms with Crippen LogP contribution in [0, 0.1) is 0 Å². The third kappa shape index (κ3) is 1.15. The molecule has 2 N–H and O–H groups in total. The first-order chi connectivity index (χ1) is 7.29. The first-order valence-electron chi connectivity index (χ1n) is 5.61. The van der Waals surface area contributed by atoms with Gasteiger partial charge in [0.15, 0.2) is 0 Å². The van der Waals surface area contributed by atoms with Crippen LogP contribution in [0.5, 0.6) is 0 Å². The number of benzene rings is 1. The molecule has 0 bridgehead atoms. The van der Waals surface area contributed by atoms with E-state index in [1.807, 2.05) is 0 Å². The smallest absolute Gasteiger partial charge is 0.0483 e. The molecular formula is C13H16N2. The summed E-state index contributed by atoms with van der Waals surface area (Å²) < 4.78 is 2.27. The van der Waals surface area contributed by atoms with E-state index in [9.17, 15) is 0 Å². The average molecular weight is 200 g/mol. The molecule has 1 heterocycles. The maximum Gasteiger partial charge on any atom is 0.0483 e. The SMILES string of the molecule is Cn1c2c(c3ccccc31)CCCC2N. The van der Waals surface area contributed by atoms with E-state index in [0.717, 1.165) is 6.42 Å². The minimum Gasteiger partial charge on any atom is -0.346 e. The molecule has 1 unspecified atom stereocenters. The lowest BCUT2D eigenvalue weighted by atomic mass is 9.92. The van der Waals surface area contributed by atoms with Gasteiger partial charge in [-0.15, -0.1) is 0 Å². The number of nitrogens with zero attached hydrogens (tertiary/aromatic N) is 1. The van der Waals surface area contributed by atoms with Crippen molar-refractivity contribution in [2.24, 2.45) is 12.8 Å². The van der Waals surface area contributed by atoms with E-state index in [4.69, 9.17) is 5.73 Å². The van der Waals surface area contributed by atoms with Crippen LogP contribution in [0.15, 0.2) is 24.3 Å². The lowest BCUT2D eigenvalue weighted by molar-refractivity contribution is 0.542. The van der Waals surface area contributed by atoms with Gasteiger partial charge in [0, 0.05) is 29.7 Å². The van der Waals surface area contributed by atoms with Crippen molar-refractivity contribution < 1.29 is 0 Å². The summed E-state index contributed by atoms with van der Waals surface area (Å²) >= 11 is 0. The summed E-state index contributed by atoms with van der Waals surface area (Å²) in [5, 5.41) is 1.39. The minimum atomic E-state index is 0.228. The number of hydrogen-bond donors (Lipinski definition) is 1. The van der Waals surface area contributed by atoms with Crippen LogP contribution in [-0.2, 0) is 13.5 Å². The van der Waals surface area contributed by atoms with Gasteiger partial charge in [0.2, 0.25) is 0 Å². The molecule has 0 amide bonds. The first kappa shape index (κ1) is 8.98. The fraction of sp³-hybridized carbons (Fsp3) is 0.385. The maximum atomic E-state index is 6.19. The van der Waals surface area contributed by atoms with Crippen molar-refractivity contribution in [2.45, 2.75) is 25.3 Å². The Bertz CT molecular complexity index is 510. The fourth-order valence-corrected chi connectivity index (χ4v) is 2.86. The van der Waals surface area contributed by atoms with Crippen LogP contribution in [0.1, 0.15) is 30.1 Å². The van der Waals surface area contributed by atoms with Crippen LogP contribution in [0.2, 0.25) is 0 Å². The van der Waals surface area contributed by atoms with Crippen molar-refractivity contribution in [2.75, 3.05) is 0 Å². The molecule has 2 aromatic rings. The fourth-order valence-electron chi connectivity index (χ4n) is 2.86. The zero-order chi connectivity index (χ0) is 10.4. The highest BCUT2D eigenvalue weighted by molar-refractivity contribution is 5.86. The third-order valence-electron chi connectivity index (χ3n) is 3.55. The molecule has 1 aliphatic carbocycles. The summed E-state index contributed by atoms with van der Waals surface area (Å²) in [7, 11) is 2.13. The largest absolute Gasteiger partial charge is 0.346 e. The predicted molar refractivity (Wildman–Crippen MR) is 62.8 cm³/mol. The van der Waals surface area contributed by atoms with Crippen molar-refractivity contribution >= 4 is 10.9 Å². The van der Waals surface area contributed by atoms with Crippen molar-refractivity contribution in [1.29, 1.82) is 0 Å². The molecule has 0 saturated heterocycles. The van der Waals surface area contributed by atoms with Crippen LogP contribution in [0.4, 0.5) is 0 Å². The van der Waals surface area contributed by atoms with E-state index in [2.05, 4.69) is 35.9 Å². The van der Waals surface area contributed by atoms with Gasteiger partial charge in [-0.1, -0.05) is 18.2 Å². The highest BCUT2D eigenvalue weighted by atomic mass is 15.0. The lowest BCUT2D eigenvalue weighted by Crippen LogP contribution is -2.19. The number of aromatic nitrogens is 1. The molecule has 3 rings (SSSR count). The predicted octanol–water partition coefficient (Wildman–Crippen LogP) is 2.51. The van der Waals surface area contributed by atoms with E-state index in [-0.39, 0.29) is 6.04 Å². The zero-order valence-electron chi connectivity index (χ0n) is 9.03. The summed E-state index contributed by atoms with van der Waals surface area (Å²) in [5.74, 6) is 0. The maximum absolute atomic E-state index is 6.19. The van der Waals surface area contributed by atoms with Gasteiger partial charge >= 0.3 is 0 Å². The van der Waals surface area contributed by atoms with Crippen LogP contribution >= 0.6 is 0 Å². The van der Waals surface area contributed by atoms with Crippen LogP contribution in [-0.4, -0.2) is 4.57 Å². The Hall–Kier alpha value is -1.28. The average Bonchev–Trinajstić information content (AvgIpc) is 2.55. The molecular weight excluding hydrogens is 184 g/mol. The summed E-state index contributed by atoms with van der Waals surface area (Å²) in [6, 6.07) is 8.83. The highest BCUT2D eigenvalue weighted by Gasteiger charge is 2.23. The number of para-hydroxylation sites is 1. The molecule has 15 heavy (non-hydrogen) atoms. The Labute approximate surface area is 89.7 Å². The van der Waals surface area contributed by atoms with Crippen molar-refractivity contribution in [3.05, 3.63) is 35.5 Å². The molecule has 1 aliphatic rings. The molecule has 2 nitrogen and oxygen atoms in total. The van der Waals surface area contributed by atoms with Crippen molar-refractivity contribution in [1.82, 2.24) is 4.57 Å². The molecule has 0 saturated carbocycles. The number of rotatable bonds is 0. The zero-order valence-corrected chi connectivity index (χ0v) is 9.03.